The predicted octanol–water partition coefficient (Wildman–Crippen LogP) is 4.92. The Hall–Kier alpha value is -6.02. The maximum absolute atomic E-state index is 12.7. The molecule has 55 heavy (non-hydrogen) atoms. The van der Waals surface area contributed by atoms with Crippen molar-refractivity contribution in [2.75, 3.05) is 49.9 Å². The number of rotatable bonds is 15. The molecular weight excluding hydrogens is 700 g/mol. The molecule has 1 aliphatic heterocycles. The van der Waals surface area contributed by atoms with Crippen molar-refractivity contribution in [3.8, 4) is 16.9 Å². The number of phenols is 1. The molecule has 0 radical (unpaired) electrons. The number of nitrogens with zero attached hydrogens (tertiary/aromatic N) is 1. The van der Waals surface area contributed by atoms with Gasteiger partial charge in [-0.25, -0.2) is 4.79 Å². The van der Waals surface area contributed by atoms with Crippen molar-refractivity contribution in [1.82, 2.24) is 20.5 Å². The third-order valence-electron chi connectivity index (χ3n) is 9.57. The summed E-state index contributed by atoms with van der Waals surface area (Å²) in [4.78, 5) is 54.2. The minimum Gasteiger partial charge on any atom is -0.506 e. The summed E-state index contributed by atoms with van der Waals surface area (Å²) in [6, 6.07) is 30.9. The molecule has 1 aromatic heterocycles. The molecule has 4 aromatic carbocycles. The van der Waals surface area contributed by atoms with Gasteiger partial charge in [0.1, 0.15) is 11.9 Å². The van der Waals surface area contributed by atoms with E-state index >= 15 is 0 Å². The SMILES string of the molecule is O=C(CNCC(O)c1ccc(O)c2[nH]c(=O)ccc12)NCCc1ccc(NC(=O)CCN2CCC(OC(=O)Nc3ccccc3-c3ccccc3)CC2)cc1. The van der Waals surface area contributed by atoms with Gasteiger partial charge in [-0.1, -0.05) is 66.7 Å². The van der Waals surface area contributed by atoms with Crippen molar-refractivity contribution in [3.63, 3.8) is 0 Å². The number of aliphatic hydroxyl groups is 1. The lowest BCUT2D eigenvalue weighted by atomic mass is 10.0. The molecule has 1 unspecified atom stereocenters. The smallest absolute Gasteiger partial charge is 0.411 e. The van der Waals surface area contributed by atoms with Gasteiger partial charge in [0.15, 0.2) is 0 Å². The fourth-order valence-electron chi connectivity index (χ4n) is 6.63. The number of fused-ring (bicyclic) bond motifs is 1. The second kappa shape index (κ2) is 18.8. The minimum absolute atomic E-state index is 0.00282. The van der Waals surface area contributed by atoms with Crippen molar-refractivity contribution >= 4 is 40.2 Å². The fourth-order valence-corrected chi connectivity index (χ4v) is 6.63. The van der Waals surface area contributed by atoms with Gasteiger partial charge in [-0.3, -0.25) is 19.7 Å². The highest BCUT2D eigenvalue weighted by molar-refractivity contribution is 5.92. The molecule has 6 rings (SSSR count). The number of nitrogens with one attached hydrogen (secondary N) is 5. The summed E-state index contributed by atoms with van der Waals surface area (Å²) in [5.74, 6) is -0.395. The summed E-state index contributed by atoms with van der Waals surface area (Å²) >= 11 is 0. The number of piperidine rings is 1. The average molecular weight is 747 g/mol. The van der Waals surface area contributed by atoms with Crippen molar-refractivity contribution in [3.05, 3.63) is 125 Å². The number of hydrogen-bond acceptors (Lipinski definition) is 9. The van der Waals surface area contributed by atoms with Gasteiger partial charge in [-0.05, 0) is 66.3 Å². The number of aromatic amines is 1. The van der Waals surface area contributed by atoms with Crippen LogP contribution in [0.3, 0.4) is 0 Å². The fraction of sp³-hybridized carbons (Fsp3) is 0.286. The van der Waals surface area contributed by atoms with Gasteiger partial charge in [0.05, 0.1) is 23.9 Å². The van der Waals surface area contributed by atoms with E-state index in [4.69, 9.17) is 4.74 Å². The molecule has 1 saturated heterocycles. The second-order valence-corrected chi connectivity index (χ2v) is 13.5. The standard InChI is InChI=1S/C42H46N6O7/c49-36-16-14-33(34-15-17-38(51)47-41(34)36)37(50)26-43-27-40(53)44-22-18-28-10-12-30(13-11-28)45-39(52)21-25-48-23-19-31(20-24-48)55-42(54)46-35-9-5-4-8-32(35)29-6-2-1-3-7-29/h1-17,31,37,43,49-50H,18-27H2,(H,44,53)(H,45,52)(H,46,54)(H,47,51). The van der Waals surface area contributed by atoms with Crippen LogP contribution in [0.15, 0.2) is 108 Å². The average Bonchev–Trinajstić information content (AvgIpc) is 3.19. The van der Waals surface area contributed by atoms with E-state index in [-0.39, 0.29) is 47.8 Å². The Morgan fingerprint density at radius 2 is 1.60 bits per heavy atom. The lowest BCUT2D eigenvalue weighted by Crippen LogP contribution is -2.39. The maximum atomic E-state index is 12.7. The van der Waals surface area contributed by atoms with Gasteiger partial charge >= 0.3 is 6.09 Å². The van der Waals surface area contributed by atoms with Crippen molar-refractivity contribution in [2.24, 2.45) is 0 Å². The summed E-state index contributed by atoms with van der Waals surface area (Å²) in [6.07, 6.45) is 0.708. The molecule has 1 aliphatic rings. The number of anilines is 2. The Morgan fingerprint density at radius 3 is 2.38 bits per heavy atom. The molecule has 0 saturated carbocycles. The van der Waals surface area contributed by atoms with Gasteiger partial charge in [-0.15, -0.1) is 0 Å². The third kappa shape index (κ3) is 11.0. The molecule has 5 aromatic rings. The van der Waals surface area contributed by atoms with E-state index in [1.54, 1.807) is 12.1 Å². The van der Waals surface area contributed by atoms with E-state index in [9.17, 15) is 29.4 Å². The van der Waals surface area contributed by atoms with Crippen molar-refractivity contribution in [2.45, 2.75) is 37.9 Å². The molecular formula is C42H46N6O7. The zero-order valence-corrected chi connectivity index (χ0v) is 30.4. The molecule has 286 valence electrons. The Bertz CT molecular complexity index is 2130. The van der Waals surface area contributed by atoms with E-state index in [0.717, 1.165) is 29.8 Å². The van der Waals surface area contributed by atoms with Crippen LogP contribution in [0.1, 0.15) is 36.5 Å². The molecule has 13 heteroatoms. The van der Waals surface area contributed by atoms with E-state index in [0.29, 0.717) is 61.1 Å². The second-order valence-electron chi connectivity index (χ2n) is 13.5. The molecule has 13 nitrogen and oxygen atoms in total. The van der Waals surface area contributed by atoms with Crippen LogP contribution in [-0.2, 0) is 20.7 Å². The summed E-state index contributed by atoms with van der Waals surface area (Å²) in [6.45, 7) is 2.59. The van der Waals surface area contributed by atoms with E-state index in [1.807, 2.05) is 78.9 Å². The highest BCUT2D eigenvalue weighted by Gasteiger charge is 2.23. The first-order chi connectivity index (χ1) is 26.7. The highest BCUT2D eigenvalue weighted by Crippen LogP contribution is 2.29. The van der Waals surface area contributed by atoms with Gasteiger partial charge in [0, 0.05) is 61.8 Å². The van der Waals surface area contributed by atoms with E-state index < -0.39 is 12.2 Å². The number of phenolic OH excluding ortho intramolecular Hbond substituents is 1. The number of amides is 3. The minimum atomic E-state index is -0.963. The van der Waals surface area contributed by atoms with Crippen LogP contribution >= 0.6 is 0 Å². The molecule has 7 N–H and O–H groups in total. The van der Waals surface area contributed by atoms with Crippen LogP contribution in [0.25, 0.3) is 22.0 Å². The van der Waals surface area contributed by atoms with Gasteiger partial charge in [-0.2, -0.15) is 0 Å². The van der Waals surface area contributed by atoms with Crippen LogP contribution < -0.4 is 26.8 Å². The first-order valence-corrected chi connectivity index (χ1v) is 18.5. The Balaban J connectivity index is 0.835. The van der Waals surface area contributed by atoms with Gasteiger partial charge in [0.25, 0.3) is 0 Å². The molecule has 0 aliphatic carbocycles. The number of aromatic hydroxyl groups is 1. The highest BCUT2D eigenvalue weighted by atomic mass is 16.6. The molecule has 2 heterocycles. The summed E-state index contributed by atoms with van der Waals surface area (Å²) in [7, 11) is 0. The lowest BCUT2D eigenvalue weighted by molar-refractivity contribution is -0.120. The normalized spacial score (nSPS) is 13.9. The Kier molecular flexibility index (Phi) is 13.3. The number of likely N-dealkylation sites (tertiary alicyclic amines) is 1. The Morgan fingerprint density at radius 1 is 0.855 bits per heavy atom. The monoisotopic (exact) mass is 746 g/mol. The zero-order valence-electron chi connectivity index (χ0n) is 30.4. The number of carbonyl (C=O) groups is 3. The van der Waals surface area contributed by atoms with E-state index in [2.05, 4.69) is 31.2 Å². The van der Waals surface area contributed by atoms with Crippen LogP contribution in [0.4, 0.5) is 16.2 Å². The molecule has 1 atom stereocenters. The van der Waals surface area contributed by atoms with E-state index in [1.165, 1.54) is 12.1 Å². The third-order valence-corrected chi connectivity index (χ3v) is 9.57. The predicted molar refractivity (Wildman–Crippen MR) is 212 cm³/mol. The molecule has 0 bridgehead atoms. The Labute approximate surface area is 318 Å². The number of carbonyl (C=O) groups excluding carboxylic acids is 3. The van der Waals surface area contributed by atoms with Gasteiger partial charge in [0.2, 0.25) is 17.4 Å². The summed E-state index contributed by atoms with van der Waals surface area (Å²) in [5, 5.41) is 32.9. The van der Waals surface area contributed by atoms with Crippen LogP contribution in [-0.4, -0.2) is 83.4 Å². The number of aromatic nitrogens is 1. The number of hydrogen-bond donors (Lipinski definition) is 7. The molecule has 0 spiro atoms. The quantitative estimate of drug-likeness (QED) is 0.0781. The lowest BCUT2D eigenvalue weighted by Gasteiger charge is -2.31. The number of benzene rings is 4. The van der Waals surface area contributed by atoms with Crippen molar-refractivity contribution in [1.29, 1.82) is 0 Å². The molecule has 3 amide bonds. The number of ether oxygens (including phenoxy) is 1. The number of aliphatic hydroxyl groups excluding tert-OH is 1. The number of pyridine rings is 1. The first-order valence-electron chi connectivity index (χ1n) is 18.5. The van der Waals surface area contributed by atoms with Gasteiger partial charge < -0.3 is 40.8 Å². The molecule has 1 fully saturated rings. The topological polar surface area (TPSA) is 185 Å². The van der Waals surface area contributed by atoms with Crippen LogP contribution in [0.5, 0.6) is 5.75 Å². The largest absolute Gasteiger partial charge is 0.506 e. The maximum Gasteiger partial charge on any atom is 0.411 e. The zero-order chi connectivity index (χ0) is 38.6. The van der Waals surface area contributed by atoms with Crippen molar-refractivity contribution < 1.29 is 29.3 Å². The van der Waals surface area contributed by atoms with Crippen LogP contribution in [0, 0.1) is 0 Å². The van der Waals surface area contributed by atoms with Crippen LogP contribution in [0.2, 0.25) is 0 Å². The number of H-pyrrole nitrogens is 1. The summed E-state index contributed by atoms with van der Waals surface area (Å²) < 4.78 is 5.74. The first kappa shape index (κ1) is 38.7. The number of para-hydroxylation sites is 1. The summed E-state index contributed by atoms with van der Waals surface area (Å²) in [5.41, 5.74) is 4.74.